The average Bonchev–Trinajstić information content (AvgIpc) is 3.36. The van der Waals surface area contributed by atoms with Crippen LogP contribution in [0.3, 0.4) is 0 Å². The Hall–Kier alpha value is -2.80. The van der Waals surface area contributed by atoms with E-state index in [-0.39, 0.29) is 17.1 Å². The van der Waals surface area contributed by atoms with E-state index in [1.54, 1.807) is 12.1 Å². The number of nitrogens with zero attached hydrogens (tertiary/aromatic N) is 1. The lowest BCUT2D eigenvalue weighted by atomic mass is 10.0. The summed E-state index contributed by atoms with van der Waals surface area (Å²) < 4.78 is 13.2. The second-order valence-electron chi connectivity index (χ2n) is 8.18. The van der Waals surface area contributed by atoms with Crippen molar-refractivity contribution >= 4 is 17.3 Å². The van der Waals surface area contributed by atoms with Crippen molar-refractivity contribution in [2.24, 2.45) is 5.41 Å². The van der Waals surface area contributed by atoms with E-state index in [4.69, 9.17) is 6.42 Å². The number of amides is 1. The summed E-state index contributed by atoms with van der Waals surface area (Å²) in [6.45, 7) is 7.18. The molecule has 1 aliphatic carbocycles. The van der Waals surface area contributed by atoms with Crippen LogP contribution < -0.4 is 10.2 Å². The fourth-order valence-electron chi connectivity index (χ4n) is 3.44. The van der Waals surface area contributed by atoms with Crippen molar-refractivity contribution in [2.75, 3.05) is 16.8 Å². The third-order valence-corrected chi connectivity index (χ3v) is 5.41. The maximum absolute atomic E-state index is 13.2. The predicted molar refractivity (Wildman–Crippen MR) is 113 cm³/mol. The maximum Gasteiger partial charge on any atom is 0.224 e. The smallest absolute Gasteiger partial charge is 0.224 e. The average molecular weight is 378 g/mol. The molecule has 0 saturated heterocycles. The van der Waals surface area contributed by atoms with Crippen molar-refractivity contribution in [2.45, 2.75) is 46.6 Å². The first-order valence-electron chi connectivity index (χ1n) is 9.64. The summed E-state index contributed by atoms with van der Waals surface area (Å²) in [6.07, 6.45) is 8.40. The van der Waals surface area contributed by atoms with Gasteiger partial charge in [0.2, 0.25) is 5.91 Å². The Balaban J connectivity index is 1.78. The molecule has 1 saturated carbocycles. The van der Waals surface area contributed by atoms with E-state index in [0.29, 0.717) is 19.5 Å². The number of terminal acetylenes is 1. The first-order valence-corrected chi connectivity index (χ1v) is 9.64. The van der Waals surface area contributed by atoms with Crippen molar-refractivity contribution in [3.8, 4) is 12.3 Å². The summed E-state index contributed by atoms with van der Waals surface area (Å²) in [5.41, 5.74) is 5.05. The minimum absolute atomic E-state index is 0.0748. The molecule has 3 nitrogen and oxygen atoms in total. The minimum atomic E-state index is -0.251. The summed E-state index contributed by atoms with van der Waals surface area (Å²) >= 11 is 0. The van der Waals surface area contributed by atoms with Gasteiger partial charge in [0.1, 0.15) is 5.82 Å². The number of hydrogen-bond donors (Lipinski definition) is 1. The summed E-state index contributed by atoms with van der Waals surface area (Å²) in [7, 11) is 0. The highest BCUT2D eigenvalue weighted by atomic mass is 19.1. The Bertz CT molecular complexity index is 884. The first kappa shape index (κ1) is 19.9. The molecule has 1 aliphatic rings. The summed E-state index contributed by atoms with van der Waals surface area (Å²) in [5, 5.41) is 3.09. The van der Waals surface area contributed by atoms with Gasteiger partial charge in [0.15, 0.2) is 0 Å². The largest absolute Gasteiger partial charge is 0.356 e. The van der Waals surface area contributed by atoms with Crippen LogP contribution in [0.1, 0.15) is 42.9 Å². The summed E-state index contributed by atoms with van der Waals surface area (Å²) in [4.78, 5) is 14.5. The normalized spacial score (nSPS) is 14.2. The van der Waals surface area contributed by atoms with Crippen LogP contribution >= 0.6 is 0 Å². The molecule has 4 heteroatoms. The molecular formula is C24H27FN2O. The Kier molecular flexibility index (Phi) is 5.74. The molecule has 28 heavy (non-hydrogen) atoms. The number of anilines is 2. The lowest BCUT2D eigenvalue weighted by molar-refractivity contribution is -0.117. The van der Waals surface area contributed by atoms with Gasteiger partial charge < -0.3 is 10.2 Å². The van der Waals surface area contributed by atoms with Crippen LogP contribution in [0.2, 0.25) is 0 Å². The molecule has 0 aliphatic heterocycles. The molecular weight excluding hydrogens is 351 g/mol. The molecule has 0 atom stereocenters. The Morgan fingerprint density at radius 3 is 2.36 bits per heavy atom. The van der Waals surface area contributed by atoms with Gasteiger partial charge >= 0.3 is 0 Å². The molecule has 0 heterocycles. The summed E-state index contributed by atoms with van der Waals surface area (Å²) in [5.74, 6) is 2.52. The fraction of sp³-hybridized carbons (Fsp3) is 0.375. The number of halogens is 1. The third kappa shape index (κ3) is 4.92. The highest BCUT2D eigenvalue weighted by Gasteiger charge is 2.39. The molecule has 0 spiro atoms. The maximum atomic E-state index is 13.2. The highest BCUT2D eigenvalue weighted by molar-refractivity contribution is 5.93. The lowest BCUT2D eigenvalue weighted by Gasteiger charge is -2.25. The first-order chi connectivity index (χ1) is 13.3. The second-order valence-corrected chi connectivity index (χ2v) is 8.18. The van der Waals surface area contributed by atoms with E-state index in [2.05, 4.69) is 23.1 Å². The fourth-order valence-corrected chi connectivity index (χ4v) is 3.44. The Morgan fingerprint density at radius 1 is 1.21 bits per heavy atom. The molecule has 2 aromatic carbocycles. The van der Waals surface area contributed by atoms with Crippen LogP contribution in [-0.4, -0.2) is 12.5 Å². The van der Waals surface area contributed by atoms with Gasteiger partial charge in [-0.15, -0.1) is 6.42 Å². The van der Waals surface area contributed by atoms with Crippen molar-refractivity contribution in [1.82, 2.24) is 0 Å². The number of carbonyl (C=O) groups excluding carboxylic acids is 1. The van der Waals surface area contributed by atoms with Gasteiger partial charge in [-0.05, 0) is 73.1 Å². The van der Waals surface area contributed by atoms with Crippen LogP contribution in [0, 0.1) is 37.4 Å². The van der Waals surface area contributed by atoms with Crippen LogP contribution in [-0.2, 0) is 11.3 Å². The van der Waals surface area contributed by atoms with Gasteiger partial charge in [-0.25, -0.2) is 4.39 Å². The van der Waals surface area contributed by atoms with Gasteiger partial charge in [-0.2, -0.15) is 0 Å². The minimum Gasteiger partial charge on any atom is -0.356 e. The van der Waals surface area contributed by atoms with E-state index in [1.807, 2.05) is 26.0 Å². The molecule has 2 aromatic rings. The zero-order valence-electron chi connectivity index (χ0n) is 16.8. The van der Waals surface area contributed by atoms with Crippen molar-refractivity contribution < 1.29 is 9.18 Å². The van der Waals surface area contributed by atoms with Gasteiger partial charge in [-0.3, -0.25) is 4.79 Å². The zero-order chi connectivity index (χ0) is 20.3. The SMILES string of the molecule is C#CCN(Cc1ccc(F)cc1)c1cc(C)c(NC(=O)CC2(C)CC2)c(C)c1. The van der Waals surface area contributed by atoms with Crippen LogP contribution in [0.4, 0.5) is 15.8 Å². The molecule has 0 radical (unpaired) electrons. The highest BCUT2D eigenvalue weighted by Crippen LogP contribution is 2.48. The second kappa shape index (κ2) is 8.06. The lowest BCUT2D eigenvalue weighted by Crippen LogP contribution is -2.23. The topological polar surface area (TPSA) is 32.3 Å². The van der Waals surface area contributed by atoms with E-state index in [1.165, 1.54) is 12.1 Å². The van der Waals surface area contributed by atoms with Crippen LogP contribution in [0.15, 0.2) is 36.4 Å². The number of carbonyl (C=O) groups is 1. The monoisotopic (exact) mass is 378 g/mol. The number of benzene rings is 2. The van der Waals surface area contributed by atoms with Gasteiger partial charge in [0.05, 0.1) is 6.54 Å². The standard InChI is InChI=1S/C24H27FN2O/c1-5-12-27(16-19-6-8-20(25)9-7-19)21-13-17(2)23(18(3)14-21)26-22(28)15-24(4)10-11-24/h1,6-9,13-14H,10-12,15-16H2,2-4H3,(H,26,28). The molecule has 0 unspecified atom stereocenters. The molecule has 0 bridgehead atoms. The molecule has 3 rings (SSSR count). The molecule has 1 N–H and O–H groups in total. The summed E-state index contributed by atoms with van der Waals surface area (Å²) in [6, 6.07) is 10.5. The van der Waals surface area contributed by atoms with Crippen LogP contribution in [0.25, 0.3) is 0 Å². The number of rotatable bonds is 7. The molecule has 1 amide bonds. The van der Waals surface area contributed by atoms with E-state index in [9.17, 15) is 9.18 Å². The molecule has 146 valence electrons. The van der Waals surface area contributed by atoms with Crippen LogP contribution in [0.5, 0.6) is 0 Å². The van der Waals surface area contributed by atoms with E-state index >= 15 is 0 Å². The Labute approximate surface area is 166 Å². The quantitative estimate of drug-likeness (QED) is 0.671. The number of aryl methyl sites for hydroxylation is 2. The zero-order valence-corrected chi connectivity index (χ0v) is 16.8. The van der Waals surface area contributed by atoms with Gasteiger partial charge in [-0.1, -0.05) is 25.0 Å². The number of nitrogens with one attached hydrogen (secondary N) is 1. The predicted octanol–water partition coefficient (Wildman–Crippen LogP) is 5.21. The van der Waals surface area contributed by atoms with Gasteiger partial charge in [0.25, 0.3) is 0 Å². The van der Waals surface area contributed by atoms with Crippen molar-refractivity contribution in [1.29, 1.82) is 0 Å². The molecule has 1 fully saturated rings. The molecule has 0 aromatic heterocycles. The van der Waals surface area contributed by atoms with Crippen molar-refractivity contribution in [3.63, 3.8) is 0 Å². The van der Waals surface area contributed by atoms with Gasteiger partial charge in [0, 0.05) is 24.3 Å². The Morgan fingerprint density at radius 2 is 1.82 bits per heavy atom. The van der Waals surface area contributed by atoms with E-state index < -0.39 is 0 Å². The third-order valence-electron chi connectivity index (χ3n) is 5.41. The van der Waals surface area contributed by atoms with E-state index in [0.717, 1.165) is 40.9 Å². The van der Waals surface area contributed by atoms with Crippen molar-refractivity contribution in [3.05, 3.63) is 58.9 Å². The number of hydrogen-bond acceptors (Lipinski definition) is 2.